The number of aryl methyl sites for hydroxylation is 1. The molecule has 1 atom stereocenters. The Morgan fingerprint density at radius 2 is 2.05 bits per heavy atom. The van der Waals surface area contributed by atoms with Crippen molar-refractivity contribution in [3.8, 4) is 0 Å². The lowest BCUT2D eigenvalue weighted by Gasteiger charge is -2.11. The number of pyridine rings is 1. The Labute approximate surface area is 133 Å². The van der Waals surface area contributed by atoms with E-state index in [9.17, 15) is 0 Å². The molecule has 0 N–H and O–H groups in total. The number of benzene rings is 1. The van der Waals surface area contributed by atoms with Crippen molar-refractivity contribution in [1.82, 2.24) is 14.5 Å². The second-order valence-corrected chi connectivity index (χ2v) is 6.19. The van der Waals surface area contributed by atoms with Crippen molar-refractivity contribution < 1.29 is 0 Å². The molecule has 5 heteroatoms. The monoisotopic (exact) mass is 319 g/mol. The third kappa shape index (κ3) is 2.76. The number of nitrogens with zero attached hydrogens (tertiary/aromatic N) is 3. The quantitative estimate of drug-likeness (QED) is 0.653. The number of alkyl halides is 1. The summed E-state index contributed by atoms with van der Waals surface area (Å²) in [7, 11) is 0. The summed E-state index contributed by atoms with van der Waals surface area (Å²) in [6.45, 7) is 4.71. The van der Waals surface area contributed by atoms with Gasteiger partial charge in [-0.3, -0.25) is 0 Å². The van der Waals surface area contributed by atoms with E-state index in [-0.39, 0.29) is 5.38 Å². The summed E-state index contributed by atoms with van der Waals surface area (Å²) >= 11 is 12.3. The first kappa shape index (κ1) is 14.4. The van der Waals surface area contributed by atoms with E-state index in [2.05, 4.69) is 33.6 Å². The van der Waals surface area contributed by atoms with Gasteiger partial charge in [-0.05, 0) is 31.0 Å². The van der Waals surface area contributed by atoms with Crippen LogP contribution in [0.4, 0.5) is 0 Å². The SMILES string of the molecule is Cc1ccccc1Cn1c(C(C)Cl)nc2cc(Cl)cnc21. The third-order valence-electron chi connectivity index (χ3n) is 3.53. The Bertz CT molecular complexity index is 793. The van der Waals surface area contributed by atoms with Gasteiger partial charge in [-0.2, -0.15) is 0 Å². The number of aromatic nitrogens is 3. The Morgan fingerprint density at radius 3 is 2.76 bits per heavy atom. The van der Waals surface area contributed by atoms with Crippen LogP contribution in [0.5, 0.6) is 0 Å². The van der Waals surface area contributed by atoms with Crippen LogP contribution in [-0.2, 0) is 6.54 Å². The Kier molecular flexibility index (Phi) is 3.87. The summed E-state index contributed by atoms with van der Waals surface area (Å²) in [6, 6.07) is 10.1. The Hall–Kier alpha value is -1.58. The number of fused-ring (bicyclic) bond motifs is 1. The number of rotatable bonds is 3. The van der Waals surface area contributed by atoms with Gasteiger partial charge in [0, 0.05) is 6.20 Å². The molecule has 0 saturated carbocycles. The molecule has 3 aromatic rings. The van der Waals surface area contributed by atoms with Gasteiger partial charge in [-0.15, -0.1) is 11.6 Å². The third-order valence-corrected chi connectivity index (χ3v) is 3.93. The fourth-order valence-corrected chi connectivity index (χ4v) is 2.74. The zero-order valence-electron chi connectivity index (χ0n) is 11.8. The lowest BCUT2D eigenvalue weighted by Crippen LogP contribution is -2.07. The van der Waals surface area contributed by atoms with E-state index in [0.29, 0.717) is 11.6 Å². The van der Waals surface area contributed by atoms with Gasteiger partial charge in [0.15, 0.2) is 5.65 Å². The summed E-state index contributed by atoms with van der Waals surface area (Å²) in [6.07, 6.45) is 1.64. The summed E-state index contributed by atoms with van der Waals surface area (Å²) in [5.74, 6) is 0.810. The Morgan fingerprint density at radius 1 is 1.29 bits per heavy atom. The molecular formula is C16H15Cl2N3. The van der Waals surface area contributed by atoms with Crippen LogP contribution in [-0.4, -0.2) is 14.5 Å². The van der Waals surface area contributed by atoms with Crippen LogP contribution in [0.3, 0.4) is 0 Å². The van der Waals surface area contributed by atoms with Gasteiger partial charge in [0.1, 0.15) is 11.3 Å². The molecular weight excluding hydrogens is 305 g/mol. The minimum Gasteiger partial charge on any atom is -0.307 e. The highest BCUT2D eigenvalue weighted by atomic mass is 35.5. The van der Waals surface area contributed by atoms with Gasteiger partial charge >= 0.3 is 0 Å². The average molecular weight is 320 g/mol. The molecule has 0 radical (unpaired) electrons. The van der Waals surface area contributed by atoms with Crippen molar-refractivity contribution in [3.63, 3.8) is 0 Å². The van der Waals surface area contributed by atoms with Crippen LogP contribution in [0.25, 0.3) is 11.2 Å². The topological polar surface area (TPSA) is 30.7 Å². The number of imidazole rings is 1. The first-order valence-corrected chi connectivity index (χ1v) is 7.58. The first-order valence-electron chi connectivity index (χ1n) is 6.76. The number of hydrogen-bond acceptors (Lipinski definition) is 2. The molecule has 0 aliphatic heterocycles. The fraction of sp³-hybridized carbons (Fsp3) is 0.250. The van der Waals surface area contributed by atoms with Crippen molar-refractivity contribution in [3.05, 3.63) is 58.5 Å². The minimum atomic E-state index is -0.193. The molecule has 2 aromatic heterocycles. The minimum absolute atomic E-state index is 0.193. The van der Waals surface area contributed by atoms with E-state index < -0.39 is 0 Å². The normalized spacial score (nSPS) is 12.8. The molecule has 0 bridgehead atoms. The molecule has 1 aromatic carbocycles. The summed E-state index contributed by atoms with van der Waals surface area (Å²) in [5.41, 5.74) is 4.05. The molecule has 0 fully saturated rings. The lowest BCUT2D eigenvalue weighted by molar-refractivity contribution is 0.733. The molecule has 0 aliphatic rings. The predicted octanol–water partition coefficient (Wildman–Crippen LogP) is 4.74. The molecule has 0 amide bonds. The maximum absolute atomic E-state index is 6.28. The molecule has 108 valence electrons. The standard InChI is InChI=1S/C16H15Cl2N3/c1-10-5-3-4-6-12(10)9-21-15(11(2)17)20-14-7-13(18)8-19-16(14)21/h3-8,11H,9H2,1-2H3. The molecule has 0 spiro atoms. The van der Waals surface area contributed by atoms with Crippen molar-refractivity contribution in [2.45, 2.75) is 25.8 Å². The molecule has 21 heavy (non-hydrogen) atoms. The fourth-order valence-electron chi connectivity index (χ4n) is 2.42. The van der Waals surface area contributed by atoms with E-state index >= 15 is 0 Å². The van der Waals surface area contributed by atoms with Crippen LogP contribution < -0.4 is 0 Å². The molecule has 0 aliphatic carbocycles. The zero-order valence-corrected chi connectivity index (χ0v) is 13.4. The van der Waals surface area contributed by atoms with E-state index in [4.69, 9.17) is 23.2 Å². The van der Waals surface area contributed by atoms with Crippen LogP contribution in [0, 0.1) is 6.92 Å². The average Bonchev–Trinajstić information content (AvgIpc) is 2.79. The van der Waals surface area contributed by atoms with Gasteiger partial charge in [-0.25, -0.2) is 9.97 Å². The summed E-state index contributed by atoms with van der Waals surface area (Å²) < 4.78 is 2.06. The predicted molar refractivity (Wildman–Crippen MR) is 87.1 cm³/mol. The highest BCUT2D eigenvalue weighted by Gasteiger charge is 2.16. The smallest absolute Gasteiger partial charge is 0.160 e. The van der Waals surface area contributed by atoms with Crippen molar-refractivity contribution in [2.75, 3.05) is 0 Å². The molecule has 3 rings (SSSR count). The van der Waals surface area contributed by atoms with Gasteiger partial charge in [0.25, 0.3) is 0 Å². The van der Waals surface area contributed by atoms with E-state index in [1.165, 1.54) is 11.1 Å². The highest BCUT2D eigenvalue weighted by molar-refractivity contribution is 6.31. The lowest BCUT2D eigenvalue weighted by atomic mass is 10.1. The second-order valence-electron chi connectivity index (χ2n) is 5.09. The van der Waals surface area contributed by atoms with Crippen molar-refractivity contribution in [1.29, 1.82) is 0 Å². The maximum atomic E-state index is 6.28. The van der Waals surface area contributed by atoms with Crippen molar-refractivity contribution in [2.24, 2.45) is 0 Å². The van der Waals surface area contributed by atoms with E-state index in [1.54, 1.807) is 6.20 Å². The van der Waals surface area contributed by atoms with Crippen LogP contribution in [0.2, 0.25) is 5.02 Å². The number of halogens is 2. The van der Waals surface area contributed by atoms with E-state index in [0.717, 1.165) is 17.0 Å². The molecule has 3 nitrogen and oxygen atoms in total. The summed E-state index contributed by atoms with van der Waals surface area (Å²) in [4.78, 5) is 9.00. The maximum Gasteiger partial charge on any atom is 0.160 e. The number of hydrogen-bond donors (Lipinski definition) is 0. The summed E-state index contributed by atoms with van der Waals surface area (Å²) in [5, 5.41) is 0.388. The Balaban J connectivity index is 2.16. The van der Waals surface area contributed by atoms with Crippen LogP contribution in [0.15, 0.2) is 36.5 Å². The highest BCUT2D eigenvalue weighted by Crippen LogP contribution is 2.26. The van der Waals surface area contributed by atoms with Gasteiger partial charge in [0.2, 0.25) is 0 Å². The van der Waals surface area contributed by atoms with Crippen molar-refractivity contribution >= 4 is 34.4 Å². The molecule has 2 heterocycles. The molecule has 0 saturated heterocycles. The van der Waals surface area contributed by atoms with Crippen LogP contribution >= 0.6 is 23.2 Å². The van der Waals surface area contributed by atoms with Gasteiger partial charge in [-0.1, -0.05) is 35.9 Å². The van der Waals surface area contributed by atoms with Crippen LogP contribution in [0.1, 0.15) is 29.3 Å². The molecule has 1 unspecified atom stereocenters. The van der Waals surface area contributed by atoms with E-state index in [1.807, 2.05) is 25.1 Å². The largest absolute Gasteiger partial charge is 0.307 e. The van der Waals surface area contributed by atoms with Gasteiger partial charge < -0.3 is 4.57 Å². The zero-order chi connectivity index (χ0) is 15.0. The second kappa shape index (κ2) is 5.66. The first-order chi connectivity index (χ1) is 10.1. The van der Waals surface area contributed by atoms with Gasteiger partial charge in [0.05, 0.1) is 16.9 Å².